The Morgan fingerprint density at radius 1 is 1.50 bits per heavy atom. The summed E-state index contributed by atoms with van der Waals surface area (Å²) >= 11 is 2.20. The molecule has 0 aromatic carbocycles. The molecular formula is C11H13F2IN2. The lowest BCUT2D eigenvalue weighted by atomic mass is 10.1. The Morgan fingerprint density at radius 2 is 2.25 bits per heavy atom. The van der Waals surface area contributed by atoms with Gasteiger partial charge in [-0.25, -0.2) is 13.8 Å². The predicted octanol–water partition coefficient (Wildman–Crippen LogP) is 3.23. The maximum atomic E-state index is 13.3. The number of hydrogen-bond acceptors (Lipinski definition) is 2. The van der Waals surface area contributed by atoms with Crippen LogP contribution >= 0.6 is 22.6 Å². The Labute approximate surface area is 107 Å². The number of alkyl halides is 2. The fourth-order valence-corrected chi connectivity index (χ4v) is 2.37. The summed E-state index contributed by atoms with van der Waals surface area (Å²) in [6, 6.07) is 1.89. The van der Waals surface area contributed by atoms with E-state index < -0.39 is 5.92 Å². The Hall–Kier alpha value is -0.460. The predicted molar refractivity (Wildman–Crippen MR) is 68.1 cm³/mol. The van der Waals surface area contributed by atoms with Crippen LogP contribution in [0, 0.1) is 10.5 Å². The van der Waals surface area contributed by atoms with E-state index in [1.54, 1.807) is 11.1 Å². The van der Waals surface area contributed by atoms with E-state index in [4.69, 9.17) is 0 Å². The molecule has 1 saturated heterocycles. The summed E-state index contributed by atoms with van der Waals surface area (Å²) in [4.78, 5) is 5.91. The highest BCUT2D eigenvalue weighted by Crippen LogP contribution is 2.31. The van der Waals surface area contributed by atoms with E-state index in [1.165, 1.54) is 0 Å². The molecule has 5 heteroatoms. The highest BCUT2D eigenvalue weighted by molar-refractivity contribution is 14.1. The zero-order valence-corrected chi connectivity index (χ0v) is 11.2. The van der Waals surface area contributed by atoms with Crippen LogP contribution in [0.5, 0.6) is 0 Å². The van der Waals surface area contributed by atoms with Crippen molar-refractivity contribution in [2.45, 2.75) is 25.7 Å². The Balaban J connectivity index is 2.27. The van der Waals surface area contributed by atoms with Gasteiger partial charge in [-0.1, -0.05) is 0 Å². The normalized spacial score (nSPS) is 19.9. The smallest absolute Gasteiger partial charge is 0.265 e. The number of rotatable bonds is 1. The molecule has 1 fully saturated rings. The van der Waals surface area contributed by atoms with Crippen LogP contribution in [0.2, 0.25) is 0 Å². The maximum absolute atomic E-state index is 13.3. The fraction of sp³-hybridized carbons (Fsp3) is 0.545. The standard InChI is InChI=1S/C11H13F2IN2/c1-8-9(14)3-5-15-10(8)16-6-2-4-11(12,13)7-16/h3,5H,2,4,6-7H2,1H3. The van der Waals surface area contributed by atoms with E-state index in [0.29, 0.717) is 18.8 Å². The summed E-state index contributed by atoms with van der Waals surface area (Å²) in [5.41, 5.74) is 0.987. The molecule has 0 saturated carbocycles. The van der Waals surface area contributed by atoms with E-state index in [-0.39, 0.29) is 13.0 Å². The molecule has 1 aromatic rings. The summed E-state index contributed by atoms with van der Waals surface area (Å²) in [5, 5.41) is 0. The van der Waals surface area contributed by atoms with Gasteiger partial charge < -0.3 is 4.90 Å². The zero-order chi connectivity index (χ0) is 11.8. The van der Waals surface area contributed by atoms with Crippen LogP contribution in [0.3, 0.4) is 0 Å². The molecule has 88 valence electrons. The second kappa shape index (κ2) is 4.43. The van der Waals surface area contributed by atoms with Crippen molar-refractivity contribution >= 4 is 28.4 Å². The van der Waals surface area contributed by atoms with Gasteiger partial charge in [0.15, 0.2) is 0 Å². The Morgan fingerprint density at radius 3 is 2.94 bits per heavy atom. The van der Waals surface area contributed by atoms with Crippen molar-refractivity contribution in [1.82, 2.24) is 4.98 Å². The number of piperidine rings is 1. The minimum Gasteiger partial charge on any atom is -0.350 e. The Bertz CT molecular complexity index is 396. The maximum Gasteiger partial charge on any atom is 0.265 e. The number of nitrogens with zero attached hydrogens (tertiary/aromatic N) is 2. The molecule has 2 heterocycles. The quantitative estimate of drug-likeness (QED) is 0.731. The minimum atomic E-state index is -2.58. The van der Waals surface area contributed by atoms with Crippen molar-refractivity contribution in [3.63, 3.8) is 0 Å². The van der Waals surface area contributed by atoms with Gasteiger partial charge in [0.2, 0.25) is 0 Å². The van der Waals surface area contributed by atoms with Crippen LogP contribution in [0.1, 0.15) is 18.4 Å². The van der Waals surface area contributed by atoms with Gasteiger partial charge in [0.05, 0.1) is 6.54 Å². The van der Waals surface area contributed by atoms with E-state index in [0.717, 1.165) is 9.13 Å². The molecule has 1 aromatic heterocycles. The molecule has 16 heavy (non-hydrogen) atoms. The molecule has 0 atom stereocenters. The molecule has 0 aliphatic carbocycles. The second-order valence-electron chi connectivity index (χ2n) is 4.12. The van der Waals surface area contributed by atoms with Crippen molar-refractivity contribution in [3.8, 4) is 0 Å². The van der Waals surface area contributed by atoms with Gasteiger partial charge in [0.1, 0.15) is 5.82 Å². The van der Waals surface area contributed by atoms with Crippen LogP contribution < -0.4 is 4.90 Å². The van der Waals surface area contributed by atoms with Gasteiger partial charge in [0, 0.05) is 28.3 Å². The molecule has 2 rings (SSSR count). The first-order chi connectivity index (χ1) is 7.49. The summed E-state index contributed by atoms with van der Waals surface area (Å²) in [6.07, 6.45) is 2.20. The van der Waals surface area contributed by atoms with Crippen molar-refractivity contribution in [3.05, 3.63) is 21.4 Å². The zero-order valence-electron chi connectivity index (χ0n) is 9.01. The molecule has 1 aliphatic rings. The van der Waals surface area contributed by atoms with Crippen molar-refractivity contribution in [1.29, 1.82) is 0 Å². The molecule has 0 amide bonds. The number of hydrogen-bond donors (Lipinski definition) is 0. The van der Waals surface area contributed by atoms with E-state index in [2.05, 4.69) is 27.6 Å². The first-order valence-corrected chi connectivity index (χ1v) is 6.31. The molecular weight excluding hydrogens is 325 g/mol. The molecule has 0 spiro atoms. The second-order valence-corrected chi connectivity index (χ2v) is 5.28. The van der Waals surface area contributed by atoms with Gasteiger partial charge in [0.25, 0.3) is 5.92 Å². The summed E-state index contributed by atoms with van der Waals surface area (Å²) < 4.78 is 27.7. The van der Waals surface area contributed by atoms with Gasteiger partial charge >= 0.3 is 0 Å². The van der Waals surface area contributed by atoms with Crippen LogP contribution in [-0.4, -0.2) is 24.0 Å². The van der Waals surface area contributed by atoms with Gasteiger partial charge in [-0.05, 0) is 42.0 Å². The Kier molecular flexibility index (Phi) is 3.32. The summed E-state index contributed by atoms with van der Waals surface area (Å²) in [5.74, 6) is -1.88. The van der Waals surface area contributed by atoms with Crippen LogP contribution in [-0.2, 0) is 0 Å². The van der Waals surface area contributed by atoms with Crippen LogP contribution in [0.25, 0.3) is 0 Å². The number of pyridine rings is 1. The van der Waals surface area contributed by atoms with Gasteiger partial charge in [-0.3, -0.25) is 0 Å². The number of anilines is 1. The third-order valence-electron chi connectivity index (χ3n) is 2.80. The molecule has 0 N–H and O–H groups in total. The SMILES string of the molecule is Cc1c(I)ccnc1N1CCCC(F)(F)C1. The van der Waals surface area contributed by atoms with E-state index >= 15 is 0 Å². The third-order valence-corrected chi connectivity index (χ3v) is 3.97. The molecule has 2 nitrogen and oxygen atoms in total. The van der Waals surface area contributed by atoms with Crippen molar-refractivity contribution in [2.75, 3.05) is 18.0 Å². The van der Waals surface area contributed by atoms with Crippen molar-refractivity contribution < 1.29 is 8.78 Å². The first kappa shape index (κ1) is 12.0. The molecule has 0 bridgehead atoms. The summed E-state index contributed by atoms with van der Waals surface area (Å²) in [7, 11) is 0. The van der Waals surface area contributed by atoms with E-state index in [1.807, 2.05) is 13.0 Å². The molecule has 1 aliphatic heterocycles. The average Bonchev–Trinajstić information content (AvgIpc) is 2.20. The van der Waals surface area contributed by atoms with Crippen molar-refractivity contribution in [2.24, 2.45) is 0 Å². The monoisotopic (exact) mass is 338 g/mol. The summed E-state index contributed by atoms with van der Waals surface area (Å²) in [6.45, 7) is 2.39. The first-order valence-electron chi connectivity index (χ1n) is 5.23. The lowest BCUT2D eigenvalue weighted by Crippen LogP contribution is -2.43. The third kappa shape index (κ3) is 2.44. The minimum absolute atomic E-state index is 0.00747. The largest absolute Gasteiger partial charge is 0.350 e. The van der Waals surface area contributed by atoms with E-state index in [9.17, 15) is 8.78 Å². The lowest BCUT2D eigenvalue weighted by Gasteiger charge is -2.34. The molecule has 0 radical (unpaired) electrons. The van der Waals surface area contributed by atoms with Gasteiger partial charge in [-0.2, -0.15) is 0 Å². The number of aromatic nitrogens is 1. The molecule has 0 unspecified atom stereocenters. The van der Waals surface area contributed by atoms with Crippen LogP contribution in [0.4, 0.5) is 14.6 Å². The fourth-order valence-electron chi connectivity index (χ4n) is 1.97. The highest BCUT2D eigenvalue weighted by Gasteiger charge is 2.36. The number of halogens is 3. The van der Waals surface area contributed by atoms with Crippen LogP contribution in [0.15, 0.2) is 12.3 Å². The average molecular weight is 338 g/mol. The van der Waals surface area contributed by atoms with Gasteiger partial charge in [-0.15, -0.1) is 0 Å². The highest BCUT2D eigenvalue weighted by atomic mass is 127. The topological polar surface area (TPSA) is 16.1 Å². The lowest BCUT2D eigenvalue weighted by molar-refractivity contribution is -0.0118.